The summed E-state index contributed by atoms with van der Waals surface area (Å²) in [4.78, 5) is 15.7. The molecular formula is C14H13ClN2O3. The number of halogens is 1. The Balaban J connectivity index is 1.90. The lowest BCUT2D eigenvalue weighted by Gasteiger charge is -2.10. The Morgan fingerprint density at radius 2 is 2.00 bits per heavy atom. The fraction of sp³-hybridized carbons (Fsp3) is 0.143. The number of amides is 1. The quantitative estimate of drug-likeness (QED) is 0.920. The van der Waals surface area contributed by atoms with Gasteiger partial charge in [-0.05, 0) is 24.3 Å². The minimum Gasteiger partial charge on any atom is -0.493 e. The number of carbonyl (C=O) groups is 1. The zero-order chi connectivity index (χ0) is 14.4. The molecule has 0 aliphatic carbocycles. The summed E-state index contributed by atoms with van der Waals surface area (Å²) >= 11 is 5.71. The van der Waals surface area contributed by atoms with Crippen molar-refractivity contribution < 1.29 is 14.3 Å². The van der Waals surface area contributed by atoms with Gasteiger partial charge >= 0.3 is 0 Å². The molecule has 0 aliphatic heterocycles. The smallest absolute Gasteiger partial charge is 0.263 e. The van der Waals surface area contributed by atoms with Crippen molar-refractivity contribution in [2.75, 3.05) is 19.0 Å². The van der Waals surface area contributed by atoms with Crippen LogP contribution in [0.5, 0.6) is 11.5 Å². The van der Waals surface area contributed by atoms with E-state index in [4.69, 9.17) is 21.1 Å². The van der Waals surface area contributed by atoms with Crippen molar-refractivity contribution in [2.24, 2.45) is 0 Å². The van der Waals surface area contributed by atoms with Crippen LogP contribution in [0.15, 0.2) is 42.6 Å². The number of carbonyl (C=O) groups excluding carboxylic acids is 1. The summed E-state index contributed by atoms with van der Waals surface area (Å²) in [5.41, 5.74) is 0. The predicted molar refractivity (Wildman–Crippen MR) is 76.4 cm³/mol. The molecule has 104 valence electrons. The second-order valence-electron chi connectivity index (χ2n) is 3.85. The summed E-state index contributed by atoms with van der Waals surface area (Å²) in [6.45, 7) is -0.134. The molecule has 0 fully saturated rings. The monoisotopic (exact) mass is 292 g/mol. The average Bonchev–Trinajstić information content (AvgIpc) is 2.48. The highest BCUT2D eigenvalue weighted by molar-refractivity contribution is 6.30. The van der Waals surface area contributed by atoms with Crippen LogP contribution in [0.1, 0.15) is 0 Å². The second kappa shape index (κ2) is 6.77. The number of aromatic nitrogens is 1. The largest absolute Gasteiger partial charge is 0.493 e. The third-order valence-corrected chi connectivity index (χ3v) is 2.65. The van der Waals surface area contributed by atoms with Crippen molar-refractivity contribution in [3.05, 3.63) is 47.6 Å². The predicted octanol–water partition coefficient (Wildman–Crippen LogP) is 2.76. The molecule has 5 nitrogen and oxygen atoms in total. The normalized spacial score (nSPS) is 9.90. The van der Waals surface area contributed by atoms with Crippen molar-refractivity contribution in [1.29, 1.82) is 0 Å². The van der Waals surface area contributed by atoms with E-state index < -0.39 is 0 Å². The van der Waals surface area contributed by atoms with Crippen molar-refractivity contribution in [2.45, 2.75) is 0 Å². The second-order valence-corrected chi connectivity index (χ2v) is 4.29. The topological polar surface area (TPSA) is 60.5 Å². The Hall–Kier alpha value is -2.27. The number of para-hydroxylation sites is 2. The average molecular weight is 293 g/mol. The minimum atomic E-state index is -0.314. The molecule has 6 heteroatoms. The SMILES string of the molecule is COc1ccccc1OCC(=O)Nc1ccc(Cl)cn1. The van der Waals surface area contributed by atoms with E-state index in [1.54, 1.807) is 37.4 Å². The number of nitrogens with zero attached hydrogens (tertiary/aromatic N) is 1. The van der Waals surface area contributed by atoms with Crippen molar-refractivity contribution in [1.82, 2.24) is 4.98 Å². The Bertz CT molecular complexity index is 587. The van der Waals surface area contributed by atoms with Crippen LogP contribution in [0.3, 0.4) is 0 Å². The van der Waals surface area contributed by atoms with E-state index in [0.717, 1.165) is 0 Å². The van der Waals surface area contributed by atoms with Crippen molar-refractivity contribution in [3.8, 4) is 11.5 Å². The van der Waals surface area contributed by atoms with Gasteiger partial charge in [0, 0.05) is 6.20 Å². The zero-order valence-corrected chi connectivity index (χ0v) is 11.6. The Kier molecular flexibility index (Phi) is 4.79. The maximum atomic E-state index is 11.7. The van der Waals surface area contributed by atoms with Gasteiger partial charge in [-0.1, -0.05) is 23.7 Å². The molecule has 0 bridgehead atoms. The number of hydrogen-bond donors (Lipinski definition) is 1. The first-order chi connectivity index (χ1) is 9.69. The molecule has 1 N–H and O–H groups in total. The van der Waals surface area contributed by atoms with Crippen LogP contribution in [0.4, 0.5) is 5.82 Å². The summed E-state index contributed by atoms with van der Waals surface area (Å²) in [7, 11) is 1.54. The molecule has 2 rings (SSSR count). The molecule has 1 heterocycles. The number of methoxy groups -OCH3 is 1. The first-order valence-corrected chi connectivity index (χ1v) is 6.24. The van der Waals surface area contributed by atoms with Gasteiger partial charge in [-0.25, -0.2) is 4.98 Å². The van der Waals surface area contributed by atoms with Crippen LogP contribution in [0.2, 0.25) is 5.02 Å². The molecule has 0 saturated heterocycles. The highest BCUT2D eigenvalue weighted by atomic mass is 35.5. The number of nitrogens with one attached hydrogen (secondary N) is 1. The van der Waals surface area contributed by atoms with E-state index in [2.05, 4.69) is 10.3 Å². The third kappa shape index (κ3) is 3.86. The van der Waals surface area contributed by atoms with Gasteiger partial charge in [0.1, 0.15) is 5.82 Å². The lowest BCUT2D eigenvalue weighted by Crippen LogP contribution is -2.20. The summed E-state index contributed by atoms with van der Waals surface area (Å²) in [5.74, 6) is 1.19. The first-order valence-electron chi connectivity index (χ1n) is 5.86. The van der Waals surface area contributed by atoms with E-state index in [0.29, 0.717) is 22.3 Å². The number of benzene rings is 1. The lowest BCUT2D eigenvalue weighted by atomic mass is 10.3. The molecule has 1 aromatic heterocycles. The van der Waals surface area contributed by atoms with Crippen LogP contribution >= 0.6 is 11.6 Å². The summed E-state index contributed by atoms with van der Waals surface area (Å²) < 4.78 is 10.5. The molecule has 0 spiro atoms. The minimum absolute atomic E-state index is 0.134. The van der Waals surface area contributed by atoms with Gasteiger partial charge in [-0.2, -0.15) is 0 Å². The molecule has 0 atom stereocenters. The van der Waals surface area contributed by atoms with Gasteiger partial charge in [0.25, 0.3) is 5.91 Å². The highest BCUT2D eigenvalue weighted by Crippen LogP contribution is 2.25. The van der Waals surface area contributed by atoms with Crippen LogP contribution in [-0.4, -0.2) is 24.6 Å². The van der Waals surface area contributed by atoms with Gasteiger partial charge in [0.05, 0.1) is 12.1 Å². The van der Waals surface area contributed by atoms with E-state index in [9.17, 15) is 4.79 Å². The third-order valence-electron chi connectivity index (χ3n) is 2.42. The number of pyridine rings is 1. The summed E-state index contributed by atoms with van der Waals surface area (Å²) in [6, 6.07) is 10.4. The number of anilines is 1. The van der Waals surface area contributed by atoms with Crippen molar-refractivity contribution >= 4 is 23.3 Å². The number of ether oxygens (including phenoxy) is 2. The Morgan fingerprint density at radius 3 is 2.65 bits per heavy atom. The van der Waals surface area contributed by atoms with E-state index >= 15 is 0 Å². The zero-order valence-electron chi connectivity index (χ0n) is 10.8. The molecule has 0 saturated carbocycles. The molecule has 2 aromatic rings. The van der Waals surface area contributed by atoms with Gasteiger partial charge in [-0.3, -0.25) is 4.79 Å². The van der Waals surface area contributed by atoms with Gasteiger partial charge < -0.3 is 14.8 Å². The fourth-order valence-corrected chi connectivity index (χ4v) is 1.62. The first kappa shape index (κ1) is 14.1. The fourth-order valence-electron chi connectivity index (χ4n) is 1.51. The molecule has 0 aliphatic rings. The molecule has 0 unspecified atom stereocenters. The number of rotatable bonds is 5. The Labute approximate surface area is 121 Å². The highest BCUT2D eigenvalue weighted by Gasteiger charge is 2.07. The van der Waals surface area contributed by atoms with Crippen LogP contribution in [0.25, 0.3) is 0 Å². The van der Waals surface area contributed by atoms with Gasteiger partial charge in [-0.15, -0.1) is 0 Å². The maximum absolute atomic E-state index is 11.7. The van der Waals surface area contributed by atoms with Crippen molar-refractivity contribution in [3.63, 3.8) is 0 Å². The summed E-state index contributed by atoms with van der Waals surface area (Å²) in [5, 5.41) is 3.11. The van der Waals surface area contributed by atoms with E-state index in [1.165, 1.54) is 6.20 Å². The molecule has 0 radical (unpaired) electrons. The van der Waals surface area contributed by atoms with Crippen LogP contribution in [-0.2, 0) is 4.79 Å². The number of hydrogen-bond acceptors (Lipinski definition) is 4. The van der Waals surface area contributed by atoms with E-state index in [1.807, 2.05) is 6.07 Å². The standard InChI is InChI=1S/C14H13ClN2O3/c1-19-11-4-2-3-5-12(11)20-9-14(18)17-13-7-6-10(15)8-16-13/h2-8H,9H2,1H3,(H,16,17,18). The van der Waals surface area contributed by atoms with Gasteiger partial charge in [0.2, 0.25) is 0 Å². The summed E-state index contributed by atoms with van der Waals surface area (Å²) in [6.07, 6.45) is 1.46. The van der Waals surface area contributed by atoms with Gasteiger partial charge in [0.15, 0.2) is 18.1 Å². The van der Waals surface area contributed by atoms with E-state index in [-0.39, 0.29) is 12.5 Å². The molecule has 1 aromatic carbocycles. The van der Waals surface area contributed by atoms with Crippen LogP contribution in [0, 0.1) is 0 Å². The molecule has 20 heavy (non-hydrogen) atoms. The maximum Gasteiger partial charge on any atom is 0.263 e. The molecule has 1 amide bonds. The lowest BCUT2D eigenvalue weighted by molar-refractivity contribution is -0.118. The Morgan fingerprint density at radius 1 is 1.25 bits per heavy atom. The molecular weight excluding hydrogens is 280 g/mol. The van der Waals surface area contributed by atoms with Crippen LogP contribution < -0.4 is 14.8 Å².